The van der Waals surface area contributed by atoms with Crippen molar-refractivity contribution in [1.82, 2.24) is 19.9 Å². The molecule has 2 aromatic heterocycles. The van der Waals surface area contributed by atoms with Gasteiger partial charge in [-0.2, -0.15) is 0 Å². The van der Waals surface area contributed by atoms with Crippen LogP contribution in [0.2, 0.25) is 0 Å². The van der Waals surface area contributed by atoms with Crippen molar-refractivity contribution in [1.29, 1.82) is 0 Å². The molecule has 2 aliphatic rings. The summed E-state index contributed by atoms with van der Waals surface area (Å²) in [5, 5.41) is 4.33. The summed E-state index contributed by atoms with van der Waals surface area (Å²) in [5.74, 6) is 0.647. The first kappa shape index (κ1) is 17.9. The second kappa shape index (κ2) is 6.04. The molecule has 1 amide bonds. The van der Waals surface area contributed by atoms with E-state index in [2.05, 4.69) is 33.8 Å². The fraction of sp³-hybridized carbons (Fsp3) is 0.550. The second-order valence-corrected chi connectivity index (χ2v) is 8.32. The van der Waals surface area contributed by atoms with Gasteiger partial charge in [-0.25, -0.2) is 14.4 Å². The molecule has 2 aromatic rings. The molecule has 4 rings (SSSR count). The summed E-state index contributed by atoms with van der Waals surface area (Å²) in [6, 6.07) is 0.272. The van der Waals surface area contributed by atoms with Gasteiger partial charge >= 0.3 is 0 Å². The Hall–Kier alpha value is -2.44. The highest BCUT2D eigenvalue weighted by molar-refractivity contribution is 5.92. The molecule has 7 heteroatoms. The monoisotopic (exact) mass is 371 g/mol. The van der Waals surface area contributed by atoms with Gasteiger partial charge in [0.05, 0.1) is 5.39 Å². The van der Waals surface area contributed by atoms with E-state index >= 15 is 0 Å². The molecule has 0 radical (unpaired) electrons. The minimum Gasteiger partial charge on any atom is -0.365 e. The molecule has 1 aliphatic carbocycles. The molecule has 27 heavy (non-hydrogen) atoms. The maximum Gasteiger partial charge on any atom is 0.246 e. The van der Waals surface area contributed by atoms with Crippen molar-refractivity contribution in [3.63, 3.8) is 0 Å². The van der Waals surface area contributed by atoms with E-state index in [9.17, 15) is 9.18 Å². The van der Waals surface area contributed by atoms with Crippen LogP contribution in [0.15, 0.2) is 25.2 Å². The highest BCUT2D eigenvalue weighted by atomic mass is 19.1. The molecule has 2 N–H and O–H groups in total. The molecule has 2 unspecified atom stereocenters. The van der Waals surface area contributed by atoms with Crippen LogP contribution in [0.4, 0.5) is 10.2 Å². The van der Waals surface area contributed by atoms with E-state index in [-0.39, 0.29) is 18.0 Å². The summed E-state index contributed by atoms with van der Waals surface area (Å²) in [7, 11) is 0. The summed E-state index contributed by atoms with van der Waals surface area (Å²) >= 11 is 0. The van der Waals surface area contributed by atoms with Crippen molar-refractivity contribution in [2.45, 2.75) is 63.2 Å². The van der Waals surface area contributed by atoms with Gasteiger partial charge in [-0.3, -0.25) is 4.79 Å². The van der Waals surface area contributed by atoms with Gasteiger partial charge < -0.3 is 15.2 Å². The summed E-state index contributed by atoms with van der Waals surface area (Å²) in [5.41, 5.74) is -0.135. The third-order valence-electron chi connectivity index (χ3n) is 6.46. The number of nitrogens with zero attached hydrogens (tertiary/aromatic N) is 3. The molecule has 0 aromatic carbocycles. The molecule has 0 spiro atoms. The van der Waals surface area contributed by atoms with Crippen LogP contribution in [-0.4, -0.2) is 50.1 Å². The highest BCUT2D eigenvalue weighted by Gasteiger charge is 2.64. The number of carbonyl (C=O) groups is 1. The molecular formula is C20H26FN5O. The van der Waals surface area contributed by atoms with Gasteiger partial charge in [-0.15, -0.1) is 0 Å². The number of hydrogen-bond acceptors (Lipinski definition) is 4. The Morgan fingerprint density at radius 3 is 2.85 bits per heavy atom. The van der Waals surface area contributed by atoms with Crippen LogP contribution in [0, 0.1) is 0 Å². The van der Waals surface area contributed by atoms with Gasteiger partial charge in [0.2, 0.25) is 5.91 Å². The van der Waals surface area contributed by atoms with E-state index in [4.69, 9.17) is 0 Å². The molecular weight excluding hydrogens is 345 g/mol. The van der Waals surface area contributed by atoms with Gasteiger partial charge in [0, 0.05) is 30.2 Å². The lowest BCUT2D eigenvalue weighted by molar-refractivity contribution is -0.129. The average molecular weight is 371 g/mol. The van der Waals surface area contributed by atoms with E-state index in [0.29, 0.717) is 24.4 Å². The molecule has 1 saturated heterocycles. The Kier molecular flexibility index (Phi) is 4.01. The zero-order chi connectivity index (χ0) is 19.4. The van der Waals surface area contributed by atoms with Crippen LogP contribution >= 0.6 is 0 Å². The van der Waals surface area contributed by atoms with Gasteiger partial charge in [-0.05, 0) is 44.7 Å². The number of nitrogens with one attached hydrogen (secondary N) is 2. The first-order chi connectivity index (χ1) is 12.8. The van der Waals surface area contributed by atoms with E-state index in [0.717, 1.165) is 23.8 Å². The second-order valence-electron chi connectivity index (χ2n) is 8.32. The number of amides is 1. The fourth-order valence-corrected chi connectivity index (χ4v) is 4.35. The number of likely N-dealkylation sites (tertiary alicyclic amines) is 1. The van der Waals surface area contributed by atoms with Gasteiger partial charge in [0.1, 0.15) is 23.5 Å². The van der Waals surface area contributed by atoms with Gasteiger partial charge in [0.25, 0.3) is 0 Å². The van der Waals surface area contributed by atoms with E-state index < -0.39 is 11.1 Å². The number of fused-ring (bicyclic) bond motifs is 1. The number of hydrogen-bond donors (Lipinski definition) is 2. The van der Waals surface area contributed by atoms with Crippen LogP contribution in [0.1, 0.15) is 45.6 Å². The molecule has 2 fully saturated rings. The number of aromatic amines is 1. The maximum atomic E-state index is 14.6. The first-order valence-electron chi connectivity index (χ1n) is 9.48. The molecule has 144 valence electrons. The smallest absolute Gasteiger partial charge is 0.246 e. The van der Waals surface area contributed by atoms with Crippen molar-refractivity contribution >= 4 is 22.8 Å². The Labute approximate surface area is 158 Å². The predicted molar refractivity (Wildman–Crippen MR) is 103 cm³/mol. The zero-order valence-electron chi connectivity index (χ0n) is 16.1. The lowest BCUT2D eigenvalue weighted by Gasteiger charge is -2.38. The standard InChI is InChI=1S/C20H26FN5O/c1-5-15(27)26-9-13(7-6-12(26)2)25-18-16-14(19(3)10-20(19,4)21)8-22-17(16)23-11-24-18/h5,8,11-13H,1,6-7,9-10H2,2-4H3,(H2,22,23,24,25)/t12-,13+,19?,20?/m0/s1. The topological polar surface area (TPSA) is 73.9 Å². The van der Waals surface area contributed by atoms with Crippen molar-refractivity contribution in [3.05, 3.63) is 30.7 Å². The van der Waals surface area contributed by atoms with Crippen molar-refractivity contribution in [3.8, 4) is 0 Å². The van der Waals surface area contributed by atoms with E-state index in [1.165, 1.54) is 12.4 Å². The van der Waals surface area contributed by atoms with Crippen molar-refractivity contribution in [2.75, 3.05) is 11.9 Å². The molecule has 0 bridgehead atoms. The Morgan fingerprint density at radius 2 is 2.19 bits per heavy atom. The summed E-state index contributed by atoms with van der Waals surface area (Å²) in [4.78, 5) is 25.9. The first-order valence-corrected chi connectivity index (χ1v) is 9.48. The largest absolute Gasteiger partial charge is 0.365 e. The predicted octanol–water partition coefficient (Wildman–Crippen LogP) is 3.32. The third kappa shape index (κ3) is 2.80. The van der Waals surface area contributed by atoms with Crippen LogP contribution < -0.4 is 5.32 Å². The number of halogens is 1. The minimum atomic E-state index is -1.22. The number of piperidine rings is 1. The molecule has 1 saturated carbocycles. The number of H-pyrrole nitrogens is 1. The Bertz CT molecular complexity index is 907. The molecule has 3 heterocycles. The summed E-state index contributed by atoms with van der Waals surface area (Å²) < 4.78 is 14.6. The van der Waals surface area contributed by atoms with Crippen molar-refractivity contribution < 1.29 is 9.18 Å². The van der Waals surface area contributed by atoms with E-state index in [1.54, 1.807) is 6.92 Å². The third-order valence-corrected chi connectivity index (χ3v) is 6.46. The SMILES string of the molecule is C=CC(=O)N1C[C@H](Nc2ncnc3[nH]cc(C4(C)CC4(C)F)c23)CC[C@@H]1C. The van der Waals surface area contributed by atoms with E-state index in [1.807, 2.05) is 18.0 Å². The molecule has 1 aliphatic heterocycles. The van der Waals surface area contributed by atoms with Crippen LogP contribution in [0.25, 0.3) is 11.0 Å². The minimum absolute atomic E-state index is 0.0529. The van der Waals surface area contributed by atoms with Crippen LogP contribution in [0.5, 0.6) is 0 Å². The Balaban J connectivity index is 1.64. The van der Waals surface area contributed by atoms with Crippen LogP contribution in [-0.2, 0) is 10.2 Å². The number of rotatable bonds is 4. The number of anilines is 1. The molecule has 4 atom stereocenters. The average Bonchev–Trinajstić information content (AvgIpc) is 2.97. The number of aromatic nitrogens is 3. The lowest BCUT2D eigenvalue weighted by Crippen LogP contribution is -2.49. The molecule has 6 nitrogen and oxygen atoms in total. The zero-order valence-corrected chi connectivity index (χ0v) is 16.1. The summed E-state index contributed by atoms with van der Waals surface area (Å²) in [6.45, 7) is 9.84. The quantitative estimate of drug-likeness (QED) is 0.809. The van der Waals surface area contributed by atoms with Gasteiger partial charge in [-0.1, -0.05) is 13.5 Å². The Morgan fingerprint density at radius 1 is 1.44 bits per heavy atom. The fourth-order valence-electron chi connectivity index (χ4n) is 4.35. The summed E-state index contributed by atoms with van der Waals surface area (Å²) in [6.07, 6.45) is 7.06. The van der Waals surface area contributed by atoms with Crippen molar-refractivity contribution in [2.24, 2.45) is 0 Å². The normalized spacial score (nSPS) is 33.1. The highest BCUT2D eigenvalue weighted by Crippen LogP contribution is 2.61. The lowest BCUT2D eigenvalue weighted by atomic mass is 9.94. The van der Waals surface area contributed by atoms with Gasteiger partial charge in [0.15, 0.2) is 0 Å². The number of carbonyl (C=O) groups excluding carboxylic acids is 1. The maximum absolute atomic E-state index is 14.6. The number of alkyl halides is 1. The van der Waals surface area contributed by atoms with Crippen LogP contribution in [0.3, 0.4) is 0 Å².